The largest absolute Gasteiger partial charge is 0.374 e. The molecular formula is C13H25N5OS. The third-order valence-corrected chi connectivity index (χ3v) is 3.76. The number of nitrogens with zero attached hydrogens (tertiary/aromatic N) is 4. The van der Waals surface area contributed by atoms with E-state index in [1.165, 1.54) is 11.5 Å². The number of carbonyl (C=O) groups is 1. The first-order valence-electron chi connectivity index (χ1n) is 7.13. The van der Waals surface area contributed by atoms with Gasteiger partial charge in [-0.15, -0.1) is 5.10 Å². The average Bonchev–Trinajstić information content (AvgIpc) is 2.84. The summed E-state index contributed by atoms with van der Waals surface area (Å²) >= 11 is 1.37. The zero-order chi connectivity index (χ0) is 15.0. The van der Waals surface area contributed by atoms with Gasteiger partial charge in [0.1, 0.15) is 10.7 Å². The van der Waals surface area contributed by atoms with E-state index in [1.54, 1.807) is 0 Å². The van der Waals surface area contributed by atoms with Crippen LogP contribution in [0.4, 0.5) is 5.00 Å². The molecule has 1 aromatic rings. The molecule has 0 aromatic carbocycles. The van der Waals surface area contributed by atoms with E-state index in [9.17, 15) is 4.79 Å². The van der Waals surface area contributed by atoms with E-state index in [2.05, 4.69) is 21.8 Å². The fourth-order valence-electron chi connectivity index (χ4n) is 1.90. The SMILES string of the molecule is CCCNc1snnc1CN(C)CC(=O)N(CC)CC. The minimum Gasteiger partial charge on any atom is -0.374 e. The van der Waals surface area contributed by atoms with Crippen LogP contribution in [0.15, 0.2) is 0 Å². The zero-order valence-corrected chi connectivity index (χ0v) is 13.7. The van der Waals surface area contributed by atoms with Gasteiger partial charge in [0.25, 0.3) is 0 Å². The molecule has 6 nitrogen and oxygen atoms in total. The quantitative estimate of drug-likeness (QED) is 0.751. The van der Waals surface area contributed by atoms with Gasteiger partial charge >= 0.3 is 0 Å². The van der Waals surface area contributed by atoms with Crippen LogP contribution < -0.4 is 5.32 Å². The lowest BCUT2D eigenvalue weighted by Gasteiger charge is -2.22. The molecule has 0 saturated heterocycles. The summed E-state index contributed by atoms with van der Waals surface area (Å²) in [4.78, 5) is 15.9. The Morgan fingerprint density at radius 3 is 2.60 bits per heavy atom. The lowest BCUT2D eigenvalue weighted by Crippen LogP contribution is -2.38. The maximum absolute atomic E-state index is 12.0. The first-order valence-corrected chi connectivity index (χ1v) is 7.91. The molecule has 0 fully saturated rings. The van der Waals surface area contributed by atoms with Crippen LogP contribution in [0.5, 0.6) is 0 Å². The van der Waals surface area contributed by atoms with Gasteiger partial charge < -0.3 is 10.2 Å². The van der Waals surface area contributed by atoms with Gasteiger partial charge in [0.15, 0.2) is 0 Å². The Labute approximate surface area is 125 Å². The molecule has 1 amide bonds. The minimum atomic E-state index is 0.156. The highest BCUT2D eigenvalue weighted by atomic mass is 32.1. The summed E-state index contributed by atoms with van der Waals surface area (Å²) < 4.78 is 3.98. The summed E-state index contributed by atoms with van der Waals surface area (Å²) in [5, 5.41) is 8.47. The number of carbonyl (C=O) groups excluding carboxylic acids is 1. The summed E-state index contributed by atoms with van der Waals surface area (Å²) in [6.07, 6.45) is 1.06. The number of amides is 1. The van der Waals surface area contributed by atoms with Crippen molar-refractivity contribution in [1.29, 1.82) is 0 Å². The van der Waals surface area contributed by atoms with E-state index < -0.39 is 0 Å². The standard InChI is InChI=1S/C13H25N5OS/c1-5-8-14-13-11(15-16-20-13)9-17(4)10-12(19)18(6-2)7-3/h14H,5-10H2,1-4H3. The van der Waals surface area contributed by atoms with Crippen LogP contribution >= 0.6 is 11.5 Å². The predicted octanol–water partition coefficient (Wildman–Crippen LogP) is 1.66. The third kappa shape index (κ3) is 5.05. The van der Waals surface area contributed by atoms with E-state index in [-0.39, 0.29) is 5.91 Å². The maximum atomic E-state index is 12.0. The first-order chi connectivity index (χ1) is 9.62. The number of nitrogens with one attached hydrogen (secondary N) is 1. The number of likely N-dealkylation sites (N-methyl/N-ethyl adjacent to an activating group) is 2. The van der Waals surface area contributed by atoms with Crippen LogP contribution in [0.2, 0.25) is 0 Å². The molecule has 1 rings (SSSR count). The van der Waals surface area contributed by atoms with Crippen LogP contribution in [0.1, 0.15) is 32.9 Å². The molecule has 1 N–H and O–H groups in total. The van der Waals surface area contributed by atoms with Crippen molar-refractivity contribution in [3.63, 3.8) is 0 Å². The third-order valence-electron chi connectivity index (χ3n) is 3.03. The normalized spacial score (nSPS) is 10.8. The van der Waals surface area contributed by atoms with Gasteiger partial charge in [-0.25, -0.2) is 0 Å². The van der Waals surface area contributed by atoms with Gasteiger partial charge in [-0.3, -0.25) is 9.69 Å². The van der Waals surface area contributed by atoms with Crippen molar-refractivity contribution < 1.29 is 4.79 Å². The number of aromatic nitrogens is 2. The van der Waals surface area contributed by atoms with Crippen molar-refractivity contribution >= 4 is 22.4 Å². The Kier molecular flexibility index (Phi) is 7.46. The molecule has 0 aliphatic rings. The second-order valence-corrected chi connectivity index (χ2v) is 5.47. The molecule has 0 saturated carbocycles. The van der Waals surface area contributed by atoms with Crippen LogP contribution in [-0.2, 0) is 11.3 Å². The predicted molar refractivity (Wildman–Crippen MR) is 83.0 cm³/mol. The van der Waals surface area contributed by atoms with Crippen molar-refractivity contribution in [3.05, 3.63) is 5.69 Å². The van der Waals surface area contributed by atoms with Crippen molar-refractivity contribution in [2.24, 2.45) is 0 Å². The number of hydrogen-bond acceptors (Lipinski definition) is 6. The van der Waals surface area contributed by atoms with Crippen molar-refractivity contribution in [1.82, 2.24) is 19.4 Å². The lowest BCUT2D eigenvalue weighted by atomic mass is 10.3. The summed E-state index contributed by atoms with van der Waals surface area (Å²) in [6.45, 7) is 9.59. The highest BCUT2D eigenvalue weighted by Gasteiger charge is 2.15. The lowest BCUT2D eigenvalue weighted by molar-refractivity contribution is -0.131. The summed E-state index contributed by atoms with van der Waals surface area (Å²) in [5.41, 5.74) is 0.915. The first kappa shape index (κ1) is 16.8. The summed E-state index contributed by atoms with van der Waals surface area (Å²) in [6, 6.07) is 0. The van der Waals surface area contributed by atoms with E-state index in [4.69, 9.17) is 0 Å². The fraction of sp³-hybridized carbons (Fsp3) is 0.769. The van der Waals surface area contributed by atoms with Gasteiger partial charge in [-0.2, -0.15) is 0 Å². The Bertz CT molecular complexity index is 405. The molecule has 0 aliphatic heterocycles. The monoisotopic (exact) mass is 299 g/mol. The zero-order valence-electron chi connectivity index (χ0n) is 12.8. The molecule has 0 aliphatic carbocycles. The topological polar surface area (TPSA) is 61.4 Å². The second kappa shape index (κ2) is 8.86. The average molecular weight is 299 g/mol. The summed E-state index contributed by atoms with van der Waals surface area (Å²) in [5.74, 6) is 0.156. The smallest absolute Gasteiger partial charge is 0.236 e. The van der Waals surface area contributed by atoms with Gasteiger partial charge in [-0.1, -0.05) is 11.4 Å². The van der Waals surface area contributed by atoms with Crippen molar-refractivity contribution in [3.8, 4) is 0 Å². The highest BCUT2D eigenvalue weighted by Crippen LogP contribution is 2.18. The molecule has 1 heterocycles. The van der Waals surface area contributed by atoms with E-state index >= 15 is 0 Å². The molecule has 0 bridgehead atoms. The van der Waals surface area contributed by atoms with E-state index in [0.717, 1.165) is 36.8 Å². The number of rotatable bonds is 9. The van der Waals surface area contributed by atoms with Gasteiger partial charge in [0.2, 0.25) is 5.91 Å². The molecule has 0 radical (unpaired) electrons. The van der Waals surface area contributed by atoms with Gasteiger partial charge in [0, 0.05) is 37.7 Å². The second-order valence-electron chi connectivity index (χ2n) is 4.71. The fourth-order valence-corrected chi connectivity index (χ4v) is 2.50. The Balaban J connectivity index is 2.51. The number of hydrogen-bond donors (Lipinski definition) is 1. The molecule has 1 aromatic heterocycles. The van der Waals surface area contributed by atoms with Crippen molar-refractivity contribution in [2.75, 3.05) is 38.5 Å². The summed E-state index contributed by atoms with van der Waals surface area (Å²) in [7, 11) is 1.93. The molecule has 0 unspecified atom stereocenters. The Morgan fingerprint density at radius 2 is 2.00 bits per heavy atom. The van der Waals surface area contributed by atoms with Crippen LogP contribution in [0.25, 0.3) is 0 Å². The van der Waals surface area contributed by atoms with Crippen molar-refractivity contribution in [2.45, 2.75) is 33.7 Å². The highest BCUT2D eigenvalue weighted by molar-refractivity contribution is 7.10. The minimum absolute atomic E-state index is 0.156. The van der Waals surface area contributed by atoms with Gasteiger partial charge in [-0.05, 0) is 27.3 Å². The molecule has 7 heteroatoms. The Morgan fingerprint density at radius 1 is 1.30 bits per heavy atom. The molecular weight excluding hydrogens is 274 g/mol. The number of anilines is 1. The molecule has 0 spiro atoms. The van der Waals surface area contributed by atoms with Crippen LogP contribution in [0, 0.1) is 0 Å². The van der Waals surface area contributed by atoms with E-state index in [1.807, 2.05) is 30.7 Å². The van der Waals surface area contributed by atoms with Crippen LogP contribution in [-0.4, -0.2) is 58.5 Å². The maximum Gasteiger partial charge on any atom is 0.236 e. The molecule has 0 atom stereocenters. The van der Waals surface area contributed by atoms with Crippen LogP contribution in [0.3, 0.4) is 0 Å². The van der Waals surface area contributed by atoms with Gasteiger partial charge in [0.05, 0.1) is 6.54 Å². The van der Waals surface area contributed by atoms with E-state index in [0.29, 0.717) is 13.1 Å². The molecule has 20 heavy (non-hydrogen) atoms. The Hall–Kier alpha value is -1.21. The molecule has 114 valence electrons.